The second kappa shape index (κ2) is 6.70. The standard InChI is InChI=1S/C23H18N2/c1-17-15-20(22-11-5-7-13-24-22)21(23-12-6-8-14-25-23)16-19(17)18-9-3-2-4-10-18/h2-16H,1H3. The molecule has 2 aromatic carbocycles. The number of hydrogen-bond donors (Lipinski definition) is 0. The van der Waals surface area contributed by atoms with Crippen molar-refractivity contribution in [3.05, 3.63) is 96.8 Å². The fourth-order valence-electron chi connectivity index (χ4n) is 3.10. The van der Waals surface area contributed by atoms with Crippen molar-refractivity contribution in [3.63, 3.8) is 0 Å². The Morgan fingerprint density at radius 3 is 1.68 bits per heavy atom. The Morgan fingerprint density at radius 1 is 0.560 bits per heavy atom. The second-order valence-corrected chi connectivity index (χ2v) is 6.01. The van der Waals surface area contributed by atoms with Crippen molar-refractivity contribution in [3.8, 4) is 33.6 Å². The summed E-state index contributed by atoms with van der Waals surface area (Å²) in [4.78, 5) is 9.12. The zero-order valence-electron chi connectivity index (χ0n) is 14.1. The molecule has 0 saturated carbocycles. The molecule has 0 amide bonds. The summed E-state index contributed by atoms with van der Waals surface area (Å²) >= 11 is 0. The number of hydrogen-bond acceptors (Lipinski definition) is 2. The molecule has 2 aromatic heterocycles. The largest absolute Gasteiger partial charge is 0.256 e. The summed E-state index contributed by atoms with van der Waals surface area (Å²) in [7, 11) is 0. The van der Waals surface area contributed by atoms with Gasteiger partial charge in [-0.1, -0.05) is 42.5 Å². The van der Waals surface area contributed by atoms with Crippen LogP contribution in [0, 0.1) is 6.92 Å². The molecule has 25 heavy (non-hydrogen) atoms. The van der Waals surface area contributed by atoms with Crippen molar-refractivity contribution in [1.82, 2.24) is 9.97 Å². The third kappa shape index (κ3) is 3.07. The lowest BCUT2D eigenvalue weighted by atomic mass is 9.91. The Kier molecular flexibility index (Phi) is 4.09. The molecule has 0 aliphatic rings. The van der Waals surface area contributed by atoms with Crippen LogP contribution >= 0.6 is 0 Å². The Bertz CT molecular complexity index is 978. The Hall–Kier alpha value is -3.26. The van der Waals surface area contributed by atoms with Gasteiger partial charge in [0.05, 0.1) is 11.4 Å². The van der Waals surface area contributed by atoms with Crippen LogP contribution in [-0.2, 0) is 0 Å². The average Bonchev–Trinajstić information content (AvgIpc) is 2.70. The van der Waals surface area contributed by atoms with E-state index in [1.165, 1.54) is 16.7 Å². The van der Waals surface area contributed by atoms with Crippen molar-refractivity contribution >= 4 is 0 Å². The van der Waals surface area contributed by atoms with Crippen LogP contribution in [0.1, 0.15) is 5.56 Å². The highest BCUT2D eigenvalue weighted by Crippen LogP contribution is 2.36. The molecule has 4 aromatic rings. The number of aromatic nitrogens is 2. The second-order valence-electron chi connectivity index (χ2n) is 6.01. The van der Waals surface area contributed by atoms with Crippen molar-refractivity contribution in [1.29, 1.82) is 0 Å². The van der Waals surface area contributed by atoms with Gasteiger partial charge in [-0.3, -0.25) is 9.97 Å². The van der Waals surface area contributed by atoms with Crippen LogP contribution in [0.25, 0.3) is 33.6 Å². The molecule has 2 nitrogen and oxygen atoms in total. The highest BCUT2D eigenvalue weighted by Gasteiger charge is 2.13. The first kappa shape index (κ1) is 15.3. The summed E-state index contributed by atoms with van der Waals surface area (Å²) in [5.41, 5.74) is 7.80. The lowest BCUT2D eigenvalue weighted by Gasteiger charge is -2.14. The summed E-state index contributed by atoms with van der Waals surface area (Å²) < 4.78 is 0. The molecule has 0 bridgehead atoms. The predicted molar refractivity (Wildman–Crippen MR) is 103 cm³/mol. The van der Waals surface area contributed by atoms with E-state index >= 15 is 0 Å². The highest BCUT2D eigenvalue weighted by molar-refractivity contribution is 5.86. The van der Waals surface area contributed by atoms with Gasteiger partial charge in [0.1, 0.15) is 0 Å². The minimum atomic E-state index is 0.959. The zero-order valence-corrected chi connectivity index (χ0v) is 14.1. The Labute approximate surface area is 147 Å². The molecule has 4 rings (SSSR count). The average molecular weight is 322 g/mol. The van der Waals surface area contributed by atoms with E-state index in [1.54, 1.807) is 0 Å². The first-order valence-electron chi connectivity index (χ1n) is 8.36. The maximum atomic E-state index is 4.57. The normalized spacial score (nSPS) is 10.6. The van der Waals surface area contributed by atoms with Gasteiger partial charge >= 0.3 is 0 Å². The SMILES string of the molecule is Cc1cc(-c2ccccn2)c(-c2ccccn2)cc1-c1ccccc1. The molecule has 0 fully saturated rings. The number of nitrogens with zero attached hydrogens (tertiary/aromatic N) is 2. The number of pyridine rings is 2. The molecular formula is C23H18N2. The van der Waals surface area contributed by atoms with E-state index in [9.17, 15) is 0 Å². The van der Waals surface area contributed by atoms with Crippen LogP contribution in [0.2, 0.25) is 0 Å². The number of rotatable bonds is 3. The van der Waals surface area contributed by atoms with Gasteiger partial charge in [0, 0.05) is 23.5 Å². The maximum Gasteiger partial charge on any atom is 0.0708 e. The quantitative estimate of drug-likeness (QED) is 0.477. The van der Waals surface area contributed by atoms with Crippen LogP contribution in [0.5, 0.6) is 0 Å². The van der Waals surface area contributed by atoms with E-state index in [-0.39, 0.29) is 0 Å². The van der Waals surface area contributed by atoms with Gasteiger partial charge in [-0.25, -0.2) is 0 Å². The lowest BCUT2D eigenvalue weighted by Crippen LogP contribution is -1.93. The molecule has 0 N–H and O–H groups in total. The summed E-state index contributed by atoms with van der Waals surface area (Å²) in [6, 6.07) is 26.9. The Morgan fingerprint density at radius 2 is 1.12 bits per heavy atom. The smallest absolute Gasteiger partial charge is 0.0708 e. The molecule has 0 atom stereocenters. The van der Waals surface area contributed by atoms with E-state index < -0.39 is 0 Å². The first-order chi connectivity index (χ1) is 12.3. The Balaban J connectivity index is 1.98. The molecule has 0 aliphatic heterocycles. The van der Waals surface area contributed by atoms with Gasteiger partial charge in [0.15, 0.2) is 0 Å². The molecule has 0 aliphatic carbocycles. The molecule has 0 radical (unpaired) electrons. The van der Waals surface area contributed by atoms with Gasteiger partial charge in [-0.15, -0.1) is 0 Å². The van der Waals surface area contributed by atoms with Crippen LogP contribution in [-0.4, -0.2) is 9.97 Å². The fourth-order valence-corrected chi connectivity index (χ4v) is 3.10. The van der Waals surface area contributed by atoms with Crippen molar-refractivity contribution in [2.45, 2.75) is 6.92 Å². The molecular weight excluding hydrogens is 304 g/mol. The van der Waals surface area contributed by atoms with E-state index in [0.717, 1.165) is 22.5 Å². The van der Waals surface area contributed by atoms with Crippen molar-refractivity contribution < 1.29 is 0 Å². The van der Waals surface area contributed by atoms with Crippen molar-refractivity contribution in [2.24, 2.45) is 0 Å². The number of benzene rings is 2. The molecule has 120 valence electrons. The van der Waals surface area contributed by atoms with Crippen molar-refractivity contribution in [2.75, 3.05) is 0 Å². The fraction of sp³-hybridized carbons (Fsp3) is 0.0435. The van der Waals surface area contributed by atoms with Gasteiger partial charge < -0.3 is 0 Å². The van der Waals surface area contributed by atoms with E-state index in [2.05, 4.69) is 53.3 Å². The summed E-state index contributed by atoms with van der Waals surface area (Å²) in [6.45, 7) is 2.15. The van der Waals surface area contributed by atoms with Gasteiger partial charge in [-0.2, -0.15) is 0 Å². The van der Waals surface area contributed by atoms with E-state index in [4.69, 9.17) is 0 Å². The molecule has 2 heteroatoms. The van der Waals surface area contributed by atoms with E-state index in [1.807, 2.05) is 54.9 Å². The monoisotopic (exact) mass is 322 g/mol. The molecule has 0 unspecified atom stereocenters. The third-order valence-electron chi connectivity index (χ3n) is 4.33. The summed E-state index contributed by atoms with van der Waals surface area (Å²) in [5.74, 6) is 0. The van der Waals surface area contributed by atoms with E-state index in [0.29, 0.717) is 0 Å². The van der Waals surface area contributed by atoms with Crippen LogP contribution in [0.4, 0.5) is 0 Å². The van der Waals surface area contributed by atoms with Crippen LogP contribution in [0.3, 0.4) is 0 Å². The minimum absolute atomic E-state index is 0.959. The predicted octanol–water partition coefficient (Wildman–Crippen LogP) is 5.79. The summed E-state index contributed by atoms with van der Waals surface area (Å²) in [6.07, 6.45) is 3.66. The van der Waals surface area contributed by atoms with Gasteiger partial charge in [0.25, 0.3) is 0 Å². The molecule has 0 saturated heterocycles. The third-order valence-corrected chi connectivity index (χ3v) is 4.33. The summed E-state index contributed by atoms with van der Waals surface area (Å²) in [5, 5.41) is 0. The van der Waals surface area contributed by atoms with Gasteiger partial charge in [0.2, 0.25) is 0 Å². The molecule has 0 spiro atoms. The van der Waals surface area contributed by atoms with Crippen LogP contribution < -0.4 is 0 Å². The van der Waals surface area contributed by atoms with Gasteiger partial charge in [-0.05, 0) is 60.0 Å². The zero-order chi connectivity index (χ0) is 17.1. The topological polar surface area (TPSA) is 25.8 Å². The minimum Gasteiger partial charge on any atom is -0.256 e. The number of aryl methyl sites for hydroxylation is 1. The lowest BCUT2D eigenvalue weighted by molar-refractivity contribution is 1.29. The first-order valence-corrected chi connectivity index (χ1v) is 8.36. The maximum absolute atomic E-state index is 4.57. The molecule has 2 heterocycles. The van der Waals surface area contributed by atoms with Crippen LogP contribution in [0.15, 0.2) is 91.3 Å². The highest BCUT2D eigenvalue weighted by atomic mass is 14.7.